The predicted octanol–water partition coefficient (Wildman–Crippen LogP) is -3.48. The fourth-order valence-electron chi connectivity index (χ4n) is 10.00. The normalized spacial score (nSPS) is 23.7. The first-order chi connectivity index (χ1) is 48.2. The maximum absolute atomic E-state index is 15.5. The number of benzene rings is 1. The molecule has 0 bridgehead atoms. The highest BCUT2D eigenvalue weighted by Gasteiger charge is 2.45. The van der Waals surface area contributed by atoms with E-state index >= 15 is 14.4 Å². The summed E-state index contributed by atoms with van der Waals surface area (Å²) in [6.45, 7) is 16.6. The number of nitrogens with one attached hydrogen (secondary N) is 11. The third kappa shape index (κ3) is 31.6. The summed E-state index contributed by atoms with van der Waals surface area (Å²) in [7, 11) is 0. The smallest absolute Gasteiger partial charge is 0.475 e. The summed E-state index contributed by atoms with van der Waals surface area (Å²) in [5, 5.41) is 78.1. The number of guanidine groups is 1. The van der Waals surface area contributed by atoms with E-state index in [4.69, 9.17) is 36.6 Å². The second kappa shape index (κ2) is 42.3. The first kappa shape index (κ1) is 90.6. The van der Waals surface area contributed by atoms with Gasteiger partial charge in [0.25, 0.3) is 0 Å². The number of rotatable bonds is 24. The van der Waals surface area contributed by atoms with Gasteiger partial charge < -0.3 is 111 Å². The molecule has 36 nitrogen and oxygen atoms in total. The molecule has 2 fully saturated rings. The number of aliphatic carboxylic acids is 1. The lowest BCUT2D eigenvalue weighted by Crippen LogP contribution is -2.64. The van der Waals surface area contributed by atoms with Gasteiger partial charge in [-0.25, -0.2) is 14.4 Å². The van der Waals surface area contributed by atoms with Crippen molar-refractivity contribution in [2.24, 2.45) is 51.8 Å². The molecule has 586 valence electrons. The number of carbonyl (C=O) groups is 14. The van der Waals surface area contributed by atoms with Crippen molar-refractivity contribution in [2.45, 2.75) is 231 Å². The van der Waals surface area contributed by atoms with Crippen LogP contribution in [-0.2, 0) is 71.8 Å². The molecule has 0 unspecified atom stereocenters. The van der Waals surface area contributed by atoms with E-state index in [0.717, 1.165) is 6.92 Å². The number of aliphatic hydroxyl groups excluding tert-OH is 4. The number of nitrogens with two attached hydrogens (primary N) is 3. The number of aliphatic imine (C=N–C) groups is 1. The zero-order valence-electron chi connectivity index (χ0n) is 60.2. The summed E-state index contributed by atoms with van der Waals surface area (Å²) in [5.74, 6) is -20.3. The van der Waals surface area contributed by atoms with Gasteiger partial charge in [-0.2, -0.15) is 13.2 Å². The minimum absolute atomic E-state index is 0.0341. The number of carboxylic acids is 1. The Morgan fingerprint density at radius 1 is 0.663 bits per heavy atom. The number of carboxylic acid groups (broad SMARTS) is 1. The van der Waals surface area contributed by atoms with Gasteiger partial charge in [-0.3, -0.25) is 57.7 Å². The molecule has 3 rings (SSSR count). The standard InChI is InChI=1S/C63H103N15O19.C2HF3O2/c1-13-32(8)42-56(90)76-43(33(9)80)55(89)68-27-41(81)74-45(48(83)50(64)84)58(92)72-40(28-79)60(94)96-49(35-18-15-14-16-19-35)46(78-54(88)39(26-34-21-22-34)70-53(87)38(25-30(4)5)73-62(95)97-63(10,11)12)59(93)77-44(47(82)31(6)7)57(91)71-37(24-29(2)3)52(86)69-36(51(85)75-42)20-17-23-67-61(65)66;3-2(4,5)1(6)7/h14-16,18-19,29-34,36-40,42-49,79-80,82-83H,13,17,20-28H2,1-12H3,(H2,64,84)(H,68,89)(H,69,86)(H,70,87)(H,71,91)(H,72,92)(H,73,95)(H,74,81)(H,75,85)(H,76,90)(H,77,93)(H,78,88)(H4,65,66,67);(H,6,7)/t32-,33-,36+,37-,38+,39-,40-,42-,43-,44-,45-,46-,47+,48-,49+;/m0./s1. The Labute approximate surface area is 599 Å². The quantitative estimate of drug-likeness (QED) is 0.0207. The SMILES string of the molecule is CC[C@H](C)[C@@H]1NC(=O)[C@@H](CCCN=C(N)N)NC(=O)[C@H](CC(C)C)NC(=O)[C@H]([C@H](O)C(C)C)NC(=O)[C@@H](NC(=O)[C@H](CC2CC2)NC(=O)[C@@H](CC(C)C)NC(=O)OC(C)(C)C)[C@@H](c2ccccc2)OC(=O)[C@H](CO)NC(=O)[C@H]([C@H](O)C(N)=O)NC(=O)CNC(=O)[C@H]([C@H](C)O)NC1=O.O=C(O)C(F)(F)F. The van der Waals surface area contributed by atoms with Crippen LogP contribution in [0.1, 0.15) is 146 Å². The number of cyclic esters (lactones) is 1. The van der Waals surface area contributed by atoms with Gasteiger partial charge in [-0.05, 0) is 95.0 Å². The number of esters is 1. The van der Waals surface area contributed by atoms with Crippen molar-refractivity contribution >= 4 is 89.0 Å². The van der Waals surface area contributed by atoms with E-state index in [9.17, 15) is 81.5 Å². The second-order valence-electron chi connectivity index (χ2n) is 27.5. The number of nitrogens with zero attached hydrogens (tertiary/aromatic N) is 1. The molecule has 2 aliphatic rings. The fourth-order valence-corrected chi connectivity index (χ4v) is 10.00. The summed E-state index contributed by atoms with van der Waals surface area (Å²) < 4.78 is 43.1. The molecule has 1 aromatic rings. The van der Waals surface area contributed by atoms with E-state index in [1.54, 1.807) is 62.3 Å². The van der Waals surface area contributed by atoms with Crippen molar-refractivity contribution in [2.75, 3.05) is 19.7 Å². The molecule has 1 heterocycles. The number of primary amides is 1. The maximum atomic E-state index is 15.5. The van der Waals surface area contributed by atoms with Gasteiger partial charge in [0, 0.05) is 6.54 Å². The number of hydrogen-bond acceptors (Lipinski definition) is 21. The lowest BCUT2D eigenvalue weighted by Gasteiger charge is -2.33. The number of halogens is 3. The molecule has 1 aliphatic heterocycles. The van der Waals surface area contributed by atoms with E-state index in [-0.39, 0.29) is 68.4 Å². The monoisotopic (exact) mass is 1490 g/mol. The van der Waals surface area contributed by atoms with Gasteiger partial charge in [0.1, 0.15) is 60.0 Å². The molecular formula is C65H104F3N15O21. The summed E-state index contributed by atoms with van der Waals surface area (Å²) in [6, 6.07) is -11.2. The lowest BCUT2D eigenvalue weighted by atomic mass is 9.95. The van der Waals surface area contributed by atoms with Crippen LogP contribution in [0.2, 0.25) is 0 Å². The summed E-state index contributed by atoms with van der Waals surface area (Å²) in [5.41, 5.74) is 15.4. The van der Waals surface area contributed by atoms with Crippen molar-refractivity contribution in [1.29, 1.82) is 0 Å². The van der Waals surface area contributed by atoms with Crippen LogP contribution < -0.4 is 75.7 Å². The minimum atomic E-state index is -5.08. The van der Waals surface area contributed by atoms with Crippen molar-refractivity contribution < 1.29 is 115 Å². The molecule has 12 amide bonds. The first-order valence-corrected chi connectivity index (χ1v) is 33.8. The molecule has 15 atom stereocenters. The fraction of sp³-hybridized carbons (Fsp3) is 0.677. The molecule has 22 N–H and O–H groups in total. The van der Waals surface area contributed by atoms with Crippen LogP contribution in [0.4, 0.5) is 18.0 Å². The van der Waals surface area contributed by atoms with Crippen molar-refractivity contribution in [3.05, 3.63) is 35.9 Å². The molecule has 1 saturated carbocycles. The minimum Gasteiger partial charge on any atom is -0.475 e. The van der Waals surface area contributed by atoms with Gasteiger partial charge >= 0.3 is 24.2 Å². The molecule has 0 aromatic heterocycles. The van der Waals surface area contributed by atoms with E-state index in [2.05, 4.69) is 52.8 Å². The van der Waals surface area contributed by atoms with Gasteiger partial charge in [0.2, 0.25) is 65.0 Å². The van der Waals surface area contributed by atoms with Crippen LogP contribution in [0.15, 0.2) is 35.3 Å². The van der Waals surface area contributed by atoms with Crippen molar-refractivity contribution in [3.63, 3.8) is 0 Å². The Hall–Kier alpha value is -9.50. The Bertz CT molecular complexity index is 3150. The second-order valence-corrected chi connectivity index (χ2v) is 27.5. The molecule has 0 spiro atoms. The average Bonchev–Trinajstić information content (AvgIpc) is 0.882. The Morgan fingerprint density at radius 2 is 1.20 bits per heavy atom. The largest absolute Gasteiger partial charge is 0.490 e. The zero-order valence-corrected chi connectivity index (χ0v) is 60.2. The van der Waals surface area contributed by atoms with Crippen LogP contribution in [0, 0.1) is 29.6 Å². The molecule has 104 heavy (non-hydrogen) atoms. The van der Waals surface area contributed by atoms with Gasteiger partial charge in [0.05, 0.1) is 25.4 Å². The third-order valence-corrected chi connectivity index (χ3v) is 15.9. The van der Waals surface area contributed by atoms with E-state index in [0.29, 0.717) is 12.8 Å². The molecular weight excluding hydrogens is 1380 g/mol. The molecule has 1 aromatic carbocycles. The first-order valence-electron chi connectivity index (χ1n) is 33.8. The zero-order chi connectivity index (χ0) is 79.4. The Morgan fingerprint density at radius 3 is 1.70 bits per heavy atom. The molecule has 39 heteroatoms. The van der Waals surface area contributed by atoms with Crippen LogP contribution in [-0.4, -0.2) is 225 Å². The highest BCUT2D eigenvalue weighted by molar-refractivity contribution is 6.00. The topological polar surface area (TPSA) is 581 Å². The average molecular weight is 1490 g/mol. The van der Waals surface area contributed by atoms with Crippen molar-refractivity contribution in [3.8, 4) is 0 Å². The van der Waals surface area contributed by atoms with Gasteiger partial charge in [0.15, 0.2) is 24.2 Å². The summed E-state index contributed by atoms with van der Waals surface area (Å²) in [4.78, 5) is 198. The number of hydrogen-bond donors (Lipinski definition) is 19. The van der Waals surface area contributed by atoms with Crippen LogP contribution >= 0.6 is 0 Å². The molecule has 1 aliphatic carbocycles. The summed E-state index contributed by atoms with van der Waals surface area (Å²) >= 11 is 0. The predicted molar refractivity (Wildman–Crippen MR) is 363 cm³/mol. The van der Waals surface area contributed by atoms with Crippen LogP contribution in [0.3, 0.4) is 0 Å². The van der Waals surface area contributed by atoms with Gasteiger partial charge in [-0.1, -0.05) is 105 Å². The highest BCUT2D eigenvalue weighted by atomic mass is 19.4. The Balaban J connectivity index is 0.00000497. The van der Waals surface area contributed by atoms with Gasteiger partial charge in [-0.15, -0.1) is 0 Å². The summed E-state index contributed by atoms with van der Waals surface area (Å²) in [6.07, 6.45) is -13.1. The lowest BCUT2D eigenvalue weighted by molar-refractivity contribution is -0.192. The Kier molecular flexibility index (Phi) is 36.9. The number of ether oxygens (including phenoxy) is 2. The van der Waals surface area contributed by atoms with E-state index < -0.39 is 211 Å². The number of alkyl carbamates (subject to hydrolysis) is 1. The number of alkyl halides is 3. The maximum Gasteiger partial charge on any atom is 0.490 e. The number of amides is 12. The van der Waals surface area contributed by atoms with E-state index in [1.807, 2.05) is 10.6 Å². The number of aliphatic hydroxyl groups is 4. The molecule has 0 radical (unpaired) electrons. The van der Waals surface area contributed by atoms with Crippen molar-refractivity contribution in [1.82, 2.24) is 58.5 Å². The highest BCUT2D eigenvalue weighted by Crippen LogP contribution is 2.34. The number of carbonyl (C=O) groups excluding carboxylic acids is 13. The third-order valence-electron chi connectivity index (χ3n) is 15.9. The van der Waals surface area contributed by atoms with E-state index in [1.165, 1.54) is 44.2 Å². The molecule has 1 saturated heterocycles. The van der Waals surface area contributed by atoms with Crippen LogP contribution in [0.25, 0.3) is 0 Å². The van der Waals surface area contributed by atoms with Crippen LogP contribution in [0.5, 0.6) is 0 Å².